The number of allylic oxidation sites excluding steroid dienone is 20. The van der Waals surface area contributed by atoms with E-state index in [1.54, 1.807) is 0 Å². The highest BCUT2D eigenvalue weighted by atomic mass is 16.6. The van der Waals surface area contributed by atoms with Gasteiger partial charge in [-0.3, -0.25) is 14.4 Å². The standard InChI is InChI=1S/C68H112O6/c1-4-7-10-13-16-19-22-25-28-31-33-34-35-38-40-43-46-49-52-55-58-61-67(70)73-64-65(63-72-66(69)60-57-54-51-48-45-42-39-36-30-27-24-21-18-15-12-9-6-3)74-68(71)62-59-56-53-50-47-44-41-37-32-29-26-23-20-17-14-11-8-5-2/h7,9-10,12,16,18-19,21,25,27-30,32-34,38,40,46,49,65H,4-6,8,11,13-15,17,20,22-24,26,31,35-37,39,41-45,47-48,50-64H2,1-3H3/b10-7-,12-9-,19-16-,21-18-,28-25-,30-27-,32-29-,34-33-,40-38-,49-46-. The maximum Gasteiger partial charge on any atom is 0.306 e. The number of hydrogen-bond donors (Lipinski definition) is 0. The molecule has 0 amide bonds. The molecule has 1 atom stereocenters. The summed E-state index contributed by atoms with van der Waals surface area (Å²) in [7, 11) is 0. The summed E-state index contributed by atoms with van der Waals surface area (Å²) in [5.41, 5.74) is 0. The van der Waals surface area contributed by atoms with E-state index in [1.165, 1.54) is 109 Å². The van der Waals surface area contributed by atoms with Gasteiger partial charge in [0.25, 0.3) is 0 Å². The van der Waals surface area contributed by atoms with Crippen LogP contribution in [-0.4, -0.2) is 37.2 Å². The SMILES string of the molecule is CC/C=C\C/C=C\C/C=C\C/C=C\C/C=C\C/C=C\CCCCC(=O)OCC(COC(=O)CCCCCCCCC/C=C\C/C=C\C/C=C\CC)OC(=O)CCCCCCCCC/C=C\CCCCCCCCC. The summed E-state index contributed by atoms with van der Waals surface area (Å²) in [5, 5.41) is 0. The van der Waals surface area contributed by atoms with Crippen molar-refractivity contribution in [2.24, 2.45) is 0 Å². The van der Waals surface area contributed by atoms with E-state index in [-0.39, 0.29) is 31.1 Å². The Morgan fingerprint density at radius 2 is 0.527 bits per heavy atom. The molecule has 0 aliphatic carbocycles. The van der Waals surface area contributed by atoms with Crippen molar-refractivity contribution < 1.29 is 28.6 Å². The average Bonchev–Trinajstić information content (AvgIpc) is 3.40. The zero-order valence-electron chi connectivity index (χ0n) is 48.1. The van der Waals surface area contributed by atoms with Gasteiger partial charge in [0, 0.05) is 19.3 Å². The summed E-state index contributed by atoms with van der Waals surface area (Å²) in [4.78, 5) is 38.3. The first-order chi connectivity index (χ1) is 36.5. The molecule has 0 heterocycles. The molecule has 0 aliphatic rings. The van der Waals surface area contributed by atoms with E-state index in [2.05, 4.69) is 142 Å². The Balaban J connectivity index is 4.50. The van der Waals surface area contributed by atoms with Gasteiger partial charge >= 0.3 is 17.9 Å². The average molecular weight is 1030 g/mol. The monoisotopic (exact) mass is 1020 g/mol. The van der Waals surface area contributed by atoms with Crippen LogP contribution in [0.2, 0.25) is 0 Å². The molecule has 1 unspecified atom stereocenters. The first-order valence-electron chi connectivity index (χ1n) is 30.5. The van der Waals surface area contributed by atoms with Crippen molar-refractivity contribution in [2.75, 3.05) is 13.2 Å². The normalized spacial score (nSPS) is 13.0. The lowest BCUT2D eigenvalue weighted by molar-refractivity contribution is -0.167. The van der Waals surface area contributed by atoms with Crippen LogP contribution in [0.15, 0.2) is 122 Å². The van der Waals surface area contributed by atoms with Crippen molar-refractivity contribution in [2.45, 2.75) is 277 Å². The number of rotatable bonds is 54. The molecule has 0 spiro atoms. The van der Waals surface area contributed by atoms with Crippen LogP contribution in [-0.2, 0) is 28.6 Å². The predicted octanol–water partition coefficient (Wildman–Crippen LogP) is 20.8. The second-order valence-electron chi connectivity index (χ2n) is 19.8. The van der Waals surface area contributed by atoms with Gasteiger partial charge in [0.15, 0.2) is 6.10 Å². The van der Waals surface area contributed by atoms with Crippen LogP contribution in [0.5, 0.6) is 0 Å². The lowest BCUT2D eigenvalue weighted by Crippen LogP contribution is -2.30. The summed E-state index contributed by atoms with van der Waals surface area (Å²) >= 11 is 0. The Morgan fingerprint density at radius 3 is 0.865 bits per heavy atom. The van der Waals surface area contributed by atoms with Crippen LogP contribution in [0, 0.1) is 0 Å². The molecule has 0 N–H and O–H groups in total. The molecular weight excluding hydrogens is 913 g/mol. The second-order valence-corrected chi connectivity index (χ2v) is 19.8. The Hall–Kier alpha value is -4.19. The van der Waals surface area contributed by atoms with Gasteiger partial charge in [0.1, 0.15) is 13.2 Å². The Morgan fingerprint density at radius 1 is 0.284 bits per heavy atom. The van der Waals surface area contributed by atoms with E-state index in [0.29, 0.717) is 25.7 Å². The topological polar surface area (TPSA) is 78.9 Å². The van der Waals surface area contributed by atoms with E-state index < -0.39 is 6.10 Å². The first-order valence-corrected chi connectivity index (χ1v) is 30.5. The molecule has 0 bridgehead atoms. The number of hydrogen-bond acceptors (Lipinski definition) is 6. The number of esters is 3. The highest BCUT2D eigenvalue weighted by Crippen LogP contribution is 2.15. The third-order valence-electron chi connectivity index (χ3n) is 12.7. The Bertz CT molecular complexity index is 1550. The first kappa shape index (κ1) is 69.8. The summed E-state index contributed by atoms with van der Waals surface area (Å²) in [6.07, 6.45) is 84.8. The zero-order chi connectivity index (χ0) is 53.6. The number of unbranched alkanes of at least 4 members (excludes halogenated alkanes) is 23. The number of carbonyl (C=O) groups excluding carboxylic acids is 3. The predicted molar refractivity (Wildman–Crippen MR) is 320 cm³/mol. The van der Waals surface area contributed by atoms with Gasteiger partial charge in [0.05, 0.1) is 0 Å². The molecule has 0 saturated heterocycles. The van der Waals surface area contributed by atoms with Crippen molar-refractivity contribution in [3.63, 3.8) is 0 Å². The second kappa shape index (κ2) is 61.4. The van der Waals surface area contributed by atoms with Gasteiger partial charge in [0.2, 0.25) is 0 Å². The number of ether oxygens (including phenoxy) is 3. The maximum absolute atomic E-state index is 12.9. The van der Waals surface area contributed by atoms with Crippen molar-refractivity contribution in [3.05, 3.63) is 122 Å². The van der Waals surface area contributed by atoms with Crippen molar-refractivity contribution in [3.8, 4) is 0 Å². The van der Waals surface area contributed by atoms with E-state index in [4.69, 9.17) is 14.2 Å². The summed E-state index contributed by atoms with van der Waals surface area (Å²) in [6, 6.07) is 0. The fraction of sp³-hybridized carbons (Fsp3) is 0.662. The lowest BCUT2D eigenvalue weighted by atomic mass is 10.1. The Labute approximate surface area is 456 Å². The van der Waals surface area contributed by atoms with Crippen LogP contribution >= 0.6 is 0 Å². The molecule has 0 rings (SSSR count). The van der Waals surface area contributed by atoms with E-state index >= 15 is 0 Å². The molecule has 420 valence electrons. The molecule has 0 aliphatic heterocycles. The molecule has 6 nitrogen and oxygen atoms in total. The van der Waals surface area contributed by atoms with Gasteiger partial charge in [-0.2, -0.15) is 0 Å². The van der Waals surface area contributed by atoms with Gasteiger partial charge in [-0.1, -0.05) is 245 Å². The van der Waals surface area contributed by atoms with Gasteiger partial charge in [-0.15, -0.1) is 0 Å². The van der Waals surface area contributed by atoms with Crippen LogP contribution in [0.25, 0.3) is 0 Å². The Kier molecular flexibility index (Phi) is 57.9. The van der Waals surface area contributed by atoms with E-state index in [1.807, 2.05) is 0 Å². The van der Waals surface area contributed by atoms with E-state index in [9.17, 15) is 14.4 Å². The third kappa shape index (κ3) is 58.7. The quantitative estimate of drug-likeness (QED) is 0.0261. The van der Waals surface area contributed by atoms with Crippen molar-refractivity contribution in [1.82, 2.24) is 0 Å². The van der Waals surface area contributed by atoms with Crippen LogP contribution < -0.4 is 0 Å². The largest absolute Gasteiger partial charge is 0.462 e. The molecule has 0 saturated carbocycles. The summed E-state index contributed by atoms with van der Waals surface area (Å²) in [6.45, 7) is 6.38. The van der Waals surface area contributed by atoms with Crippen LogP contribution in [0.1, 0.15) is 271 Å². The molecule has 0 fully saturated rings. The fourth-order valence-electron chi connectivity index (χ4n) is 8.16. The van der Waals surface area contributed by atoms with Crippen LogP contribution in [0.4, 0.5) is 0 Å². The number of carbonyl (C=O) groups is 3. The minimum Gasteiger partial charge on any atom is -0.462 e. The minimum absolute atomic E-state index is 0.101. The van der Waals surface area contributed by atoms with Crippen molar-refractivity contribution >= 4 is 17.9 Å². The van der Waals surface area contributed by atoms with Gasteiger partial charge < -0.3 is 14.2 Å². The van der Waals surface area contributed by atoms with Crippen LogP contribution in [0.3, 0.4) is 0 Å². The molecule has 74 heavy (non-hydrogen) atoms. The zero-order valence-corrected chi connectivity index (χ0v) is 48.1. The highest BCUT2D eigenvalue weighted by Gasteiger charge is 2.19. The molecular formula is C68H112O6. The molecule has 0 radical (unpaired) electrons. The summed E-state index contributed by atoms with van der Waals surface area (Å²) in [5.74, 6) is -0.957. The fourth-order valence-corrected chi connectivity index (χ4v) is 8.16. The lowest BCUT2D eigenvalue weighted by Gasteiger charge is -2.18. The molecule has 0 aromatic heterocycles. The van der Waals surface area contributed by atoms with Crippen molar-refractivity contribution in [1.29, 1.82) is 0 Å². The smallest absolute Gasteiger partial charge is 0.306 e. The third-order valence-corrected chi connectivity index (χ3v) is 12.7. The molecule has 0 aromatic rings. The van der Waals surface area contributed by atoms with Gasteiger partial charge in [-0.05, 0) is 128 Å². The van der Waals surface area contributed by atoms with Gasteiger partial charge in [-0.25, -0.2) is 0 Å². The summed E-state index contributed by atoms with van der Waals surface area (Å²) < 4.78 is 16.9. The molecule has 0 aromatic carbocycles. The maximum atomic E-state index is 12.9. The minimum atomic E-state index is -0.807. The van der Waals surface area contributed by atoms with E-state index in [0.717, 1.165) is 116 Å². The molecule has 6 heteroatoms. The highest BCUT2D eigenvalue weighted by molar-refractivity contribution is 5.71.